The quantitative estimate of drug-likeness (QED) is 0.888. The Labute approximate surface area is 123 Å². The van der Waals surface area contributed by atoms with Crippen LogP contribution in [0.15, 0.2) is 24.3 Å². The maximum absolute atomic E-state index is 12.8. The predicted octanol–water partition coefficient (Wildman–Crippen LogP) is 0.613. The highest BCUT2D eigenvalue weighted by molar-refractivity contribution is 7.88. The van der Waals surface area contributed by atoms with Gasteiger partial charge in [-0.05, 0) is 17.7 Å². The van der Waals surface area contributed by atoms with Crippen molar-refractivity contribution in [3.8, 4) is 0 Å². The van der Waals surface area contributed by atoms with Gasteiger partial charge >= 0.3 is 6.03 Å². The van der Waals surface area contributed by atoms with E-state index >= 15 is 0 Å². The van der Waals surface area contributed by atoms with Crippen LogP contribution in [-0.4, -0.2) is 56.1 Å². The Hall–Kier alpha value is -1.67. The van der Waals surface area contributed by atoms with Gasteiger partial charge in [-0.15, -0.1) is 0 Å². The van der Waals surface area contributed by atoms with Crippen LogP contribution < -0.4 is 5.32 Å². The van der Waals surface area contributed by atoms with Gasteiger partial charge in [0.1, 0.15) is 5.82 Å². The molecule has 0 atom stereocenters. The number of sulfonamides is 1. The molecule has 0 aliphatic carbocycles. The maximum atomic E-state index is 12.8. The van der Waals surface area contributed by atoms with Crippen LogP contribution in [0.5, 0.6) is 0 Å². The van der Waals surface area contributed by atoms with E-state index in [4.69, 9.17) is 0 Å². The maximum Gasteiger partial charge on any atom is 0.317 e. The summed E-state index contributed by atoms with van der Waals surface area (Å²) in [7, 11) is -3.19. The molecule has 6 nitrogen and oxygen atoms in total. The number of urea groups is 1. The monoisotopic (exact) mass is 315 g/mol. The molecule has 8 heteroatoms. The highest BCUT2D eigenvalue weighted by Crippen LogP contribution is 2.07. The molecule has 0 saturated carbocycles. The van der Waals surface area contributed by atoms with E-state index in [1.54, 1.807) is 17.0 Å². The van der Waals surface area contributed by atoms with Gasteiger partial charge in [-0.1, -0.05) is 12.1 Å². The van der Waals surface area contributed by atoms with Gasteiger partial charge in [0.05, 0.1) is 6.26 Å². The van der Waals surface area contributed by atoms with E-state index in [0.29, 0.717) is 32.7 Å². The van der Waals surface area contributed by atoms with Crippen molar-refractivity contribution in [3.63, 3.8) is 0 Å². The van der Waals surface area contributed by atoms with Gasteiger partial charge < -0.3 is 10.2 Å². The van der Waals surface area contributed by atoms with Gasteiger partial charge in [0.2, 0.25) is 10.0 Å². The van der Waals surface area contributed by atoms with E-state index < -0.39 is 10.0 Å². The normalized spacial score (nSPS) is 16.8. The third kappa shape index (κ3) is 4.40. The first-order valence-corrected chi connectivity index (χ1v) is 8.43. The average Bonchev–Trinajstić information content (AvgIpc) is 2.45. The zero-order chi connectivity index (χ0) is 15.5. The fourth-order valence-electron chi connectivity index (χ4n) is 2.11. The van der Waals surface area contributed by atoms with E-state index in [0.717, 1.165) is 11.8 Å². The van der Waals surface area contributed by atoms with Gasteiger partial charge in [-0.25, -0.2) is 17.6 Å². The molecule has 0 unspecified atom stereocenters. The third-order valence-corrected chi connectivity index (χ3v) is 4.66. The standard InChI is InChI=1S/C13H18FN3O3S/c1-21(19,20)17-8-6-16(7-9-17)13(18)15-10-11-2-4-12(14)5-3-11/h2-5H,6-10H2,1H3,(H,15,18). The number of hydrogen-bond acceptors (Lipinski definition) is 3. The van der Waals surface area contributed by atoms with Crippen LogP contribution >= 0.6 is 0 Å². The fraction of sp³-hybridized carbons (Fsp3) is 0.462. The number of rotatable bonds is 3. The van der Waals surface area contributed by atoms with Crippen molar-refractivity contribution in [1.29, 1.82) is 0 Å². The first-order chi connectivity index (χ1) is 9.86. The summed E-state index contributed by atoms with van der Waals surface area (Å²) in [6, 6.07) is 5.65. The molecule has 1 aliphatic rings. The Balaban J connectivity index is 1.81. The second kappa shape index (κ2) is 6.40. The Morgan fingerprint density at radius 1 is 1.19 bits per heavy atom. The summed E-state index contributed by atoms with van der Waals surface area (Å²) < 4.78 is 36.9. The number of nitrogens with one attached hydrogen (secondary N) is 1. The van der Waals surface area contributed by atoms with E-state index in [1.165, 1.54) is 16.4 Å². The van der Waals surface area contributed by atoms with E-state index in [-0.39, 0.29) is 11.8 Å². The van der Waals surface area contributed by atoms with Crippen molar-refractivity contribution in [3.05, 3.63) is 35.6 Å². The number of carbonyl (C=O) groups excluding carboxylic acids is 1. The highest BCUT2D eigenvalue weighted by atomic mass is 32.2. The summed E-state index contributed by atoms with van der Waals surface area (Å²) in [4.78, 5) is 13.5. The van der Waals surface area contributed by atoms with Gasteiger partial charge in [0.15, 0.2) is 0 Å². The van der Waals surface area contributed by atoms with Crippen molar-refractivity contribution >= 4 is 16.1 Å². The molecule has 0 aromatic heterocycles. The second-order valence-electron chi connectivity index (χ2n) is 4.93. The molecule has 0 bridgehead atoms. The topological polar surface area (TPSA) is 69.7 Å². The molecule has 0 spiro atoms. The molecular formula is C13H18FN3O3S. The SMILES string of the molecule is CS(=O)(=O)N1CCN(C(=O)NCc2ccc(F)cc2)CC1. The molecule has 1 saturated heterocycles. The molecule has 1 aromatic rings. The van der Waals surface area contributed by atoms with E-state index in [2.05, 4.69) is 5.32 Å². The van der Waals surface area contributed by atoms with Crippen molar-refractivity contribution < 1.29 is 17.6 Å². The highest BCUT2D eigenvalue weighted by Gasteiger charge is 2.25. The molecule has 2 rings (SSSR count). The second-order valence-corrected chi connectivity index (χ2v) is 6.92. The Bertz CT molecular complexity index is 596. The minimum absolute atomic E-state index is 0.243. The van der Waals surface area contributed by atoms with Gasteiger partial charge in [-0.3, -0.25) is 0 Å². The lowest BCUT2D eigenvalue weighted by atomic mass is 10.2. The molecule has 2 amide bonds. The zero-order valence-electron chi connectivity index (χ0n) is 11.8. The molecule has 1 aromatic carbocycles. The summed E-state index contributed by atoms with van der Waals surface area (Å²) in [6.07, 6.45) is 1.16. The largest absolute Gasteiger partial charge is 0.334 e. The lowest BCUT2D eigenvalue weighted by Crippen LogP contribution is -2.52. The van der Waals surface area contributed by atoms with Crippen molar-refractivity contribution in [2.24, 2.45) is 0 Å². The zero-order valence-corrected chi connectivity index (χ0v) is 12.6. The van der Waals surface area contributed by atoms with Crippen LogP contribution in [0.25, 0.3) is 0 Å². The number of halogens is 1. The van der Waals surface area contributed by atoms with Crippen LogP contribution in [0, 0.1) is 5.82 Å². The van der Waals surface area contributed by atoms with E-state index in [1.807, 2.05) is 0 Å². The van der Waals surface area contributed by atoms with Crippen LogP contribution in [-0.2, 0) is 16.6 Å². The number of piperazine rings is 1. The summed E-state index contributed by atoms with van der Waals surface area (Å²) >= 11 is 0. The summed E-state index contributed by atoms with van der Waals surface area (Å²) in [5.74, 6) is -0.318. The lowest BCUT2D eigenvalue weighted by Gasteiger charge is -2.33. The average molecular weight is 315 g/mol. The smallest absolute Gasteiger partial charge is 0.317 e. The Morgan fingerprint density at radius 3 is 2.29 bits per heavy atom. The number of amides is 2. The first kappa shape index (κ1) is 15.7. The van der Waals surface area contributed by atoms with Gasteiger partial charge in [0, 0.05) is 32.7 Å². The van der Waals surface area contributed by atoms with Crippen molar-refractivity contribution in [2.45, 2.75) is 6.54 Å². The van der Waals surface area contributed by atoms with Crippen molar-refractivity contribution in [1.82, 2.24) is 14.5 Å². The first-order valence-electron chi connectivity index (χ1n) is 6.58. The summed E-state index contributed by atoms with van der Waals surface area (Å²) in [5, 5.41) is 2.74. The van der Waals surface area contributed by atoms with Crippen LogP contribution in [0.1, 0.15) is 5.56 Å². The van der Waals surface area contributed by atoms with Gasteiger partial charge in [-0.2, -0.15) is 4.31 Å². The van der Waals surface area contributed by atoms with Crippen molar-refractivity contribution in [2.75, 3.05) is 32.4 Å². The number of hydrogen-bond donors (Lipinski definition) is 1. The Morgan fingerprint density at radius 2 is 1.76 bits per heavy atom. The predicted molar refractivity (Wildman–Crippen MR) is 76.6 cm³/mol. The van der Waals surface area contributed by atoms with Crippen LogP contribution in [0.4, 0.5) is 9.18 Å². The minimum atomic E-state index is -3.19. The molecule has 21 heavy (non-hydrogen) atoms. The van der Waals surface area contributed by atoms with Crippen LogP contribution in [0.2, 0.25) is 0 Å². The number of carbonyl (C=O) groups is 1. The molecule has 1 N–H and O–H groups in total. The van der Waals surface area contributed by atoms with E-state index in [9.17, 15) is 17.6 Å². The minimum Gasteiger partial charge on any atom is -0.334 e. The number of nitrogens with zero attached hydrogens (tertiary/aromatic N) is 2. The molecule has 1 heterocycles. The molecular weight excluding hydrogens is 297 g/mol. The van der Waals surface area contributed by atoms with Crippen LogP contribution in [0.3, 0.4) is 0 Å². The summed E-state index contributed by atoms with van der Waals surface area (Å²) in [6.45, 7) is 1.65. The molecule has 116 valence electrons. The molecule has 1 aliphatic heterocycles. The lowest BCUT2D eigenvalue weighted by molar-refractivity contribution is 0.172. The summed E-state index contributed by atoms with van der Waals surface area (Å²) in [5.41, 5.74) is 0.805. The molecule has 0 radical (unpaired) electrons. The number of benzene rings is 1. The van der Waals surface area contributed by atoms with Gasteiger partial charge in [0.25, 0.3) is 0 Å². The fourth-order valence-corrected chi connectivity index (χ4v) is 2.94. The Kier molecular flexibility index (Phi) is 4.79. The molecule has 1 fully saturated rings. The third-order valence-electron chi connectivity index (χ3n) is 3.35.